The van der Waals surface area contributed by atoms with Crippen molar-refractivity contribution in [3.63, 3.8) is 0 Å². The van der Waals surface area contributed by atoms with E-state index in [0.29, 0.717) is 62.6 Å². The average molecular weight is 908 g/mol. The molecule has 0 spiro atoms. The number of hydrogen-bond donors (Lipinski definition) is 11. The van der Waals surface area contributed by atoms with E-state index in [1.807, 2.05) is 4.90 Å². The summed E-state index contributed by atoms with van der Waals surface area (Å²) in [5.41, 5.74) is 18.6. The van der Waals surface area contributed by atoms with Gasteiger partial charge in [-0.2, -0.15) is 0 Å². The van der Waals surface area contributed by atoms with Gasteiger partial charge in [-0.25, -0.2) is 13.9 Å². The summed E-state index contributed by atoms with van der Waals surface area (Å²) in [4.78, 5) is 28.7. The number of pyridine rings is 1. The number of aromatic nitrogens is 4. The summed E-state index contributed by atoms with van der Waals surface area (Å²) >= 11 is 0. The largest absolute Gasteiger partial charge is 0.477 e. The second kappa shape index (κ2) is 19.2. The second-order valence-corrected chi connectivity index (χ2v) is 17.6. The number of ether oxygens (including phenoxy) is 4. The zero-order chi connectivity index (χ0) is 45.7. The van der Waals surface area contributed by atoms with Crippen LogP contribution in [0.5, 0.6) is 0 Å². The first-order chi connectivity index (χ1) is 30.6. The van der Waals surface area contributed by atoms with E-state index in [9.17, 15) is 50.4 Å². The molecule has 0 amide bonds. The topological polar surface area (TPSA) is 353 Å². The number of halogens is 1. The number of benzene rings is 1. The third-order valence-corrected chi connectivity index (χ3v) is 13.2. The van der Waals surface area contributed by atoms with Crippen LogP contribution in [0.3, 0.4) is 0 Å². The Morgan fingerprint density at radius 1 is 0.875 bits per heavy atom. The van der Waals surface area contributed by atoms with Crippen molar-refractivity contribution >= 4 is 22.6 Å². The van der Waals surface area contributed by atoms with Crippen LogP contribution >= 0.6 is 0 Å². The van der Waals surface area contributed by atoms with Crippen molar-refractivity contribution in [3.05, 3.63) is 51.8 Å². The minimum atomic E-state index is -1.73. The van der Waals surface area contributed by atoms with E-state index in [-0.39, 0.29) is 30.0 Å². The fraction of sp³-hybridized carbons (Fsp3) is 0.700. The molecule has 5 aliphatic rings. The standard InChI is InChI=1S/C40H58FN9O14/c41-22-10-20-24(50(19-3-4-19)14-21(29(20)52)38(59)60)11-25(22)48-7-5-47(6-8-48)16-49-13-18(45-46-49)2-1-17-9-23(43)37(64-40-34(57)33(56)31(54)26(12-42)61-40)35(58)36(17)63-39-32(55)28(44)30(53)27(15-51)62-39/h10-11,13-14,17,19,23,26-28,30-37,39-40,51,53-58H,1-9,12,15-16,42-44H2,(H,59,60)/t17-,23?,26?,27+,28+,30?,31+,32-,33+,34?,35-,36?,37+,39?,40+/m1/s1. The number of aliphatic hydroxyl groups is 7. The smallest absolute Gasteiger partial charge is 0.341 e. The third kappa shape index (κ3) is 9.28. The Balaban J connectivity index is 0.918. The normalized spacial score (nSPS) is 36.4. The summed E-state index contributed by atoms with van der Waals surface area (Å²) in [7, 11) is 0. The van der Waals surface area contributed by atoms with Gasteiger partial charge in [0.25, 0.3) is 0 Å². The number of carboxylic acid groups (broad SMARTS) is 1. The molecule has 1 aromatic carbocycles. The van der Waals surface area contributed by atoms with E-state index in [1.165, 1.54) is 6.20 Å². The van der Waals surface area contributed by atoms with Gasteiger partial charge in [0, 0.05) is 62.6 Å². The third-order valence-electron chi connectivity index (χ3n) is 13.2. The van der Waals surface area contributed by atoms with E-state index < -0.39 is 115 Å². The van der Waals surface area contributed by atoms with E-state index in [0.717, 1.165) is 18.9 Å². The lowest BCUT2D eigenvalue weighted by Gasteiger charge is -2.49. The number of piperazine rings is 1. The molecule has 2 aliphatic carbocycles. The first-order valence-corrected chi connectivity index (χ1v) is 21.6. The van der Waals surface area contributed by atoms with E-state index in [2.05, 4.69) is 15.2 Å². The molecule has 5 heterocycles. The summed E-state index contributed by atoms with van der Waals surface area (Å²) in [6.45, 7) is 1.54. The maximum absolute atomic E-state index is 15.6. The Kier molecular flexibility index (Phi) is 14.0. The fourth-order valence-corrected chi connectivity index (χ4v) is 9.35. The molecule has 0 radical (unpaired) electrons. The molecule has 64 heavy (non-hydrogen) atoms. The predicted octanol–water partition coefficient (Wildman–Crippen LogP) is -4.51. The number of hydrogen-bond acceptors (Lipinski definition) is 20. The van der Waals surface area contributed by atoms with E-state index >= 15 is 4.39 Å². The number of carboxylic acids is 1. The molecule has 354 valence electrons. The van der Waals surface area contributed by atoms with Crippen LogP contribution < -0.4 is 27.5 Å². The highest BCUT2D eigenvalue weighted by Gasteiger charge is 2.52. The lowest BCUT2D eigenvalue weighted by Crippen LogP contribution is -2.66. The minimum Gasteiger partial charge on any atom is -0.477 e. The van der Waals surface area contributed by atoms with Crippen LogP contribution in [0.1, 0.15) is 47.8 Å². The molecular formula is C40H58FN9O14. The molecule has 14 N–H and O–H groups in total. The maximum atomic E-state index is 15.6. The Morgan fingerprint density at radius 3 is 2.23 bits per heavy atom. The highest BCUT2D eigenvalue weighted by molar-refractivity contribution is 5.93. The van der Waals surface area contributed by atoms with Gasteiger partial charge in [-0.3, -0.25) is 9.69 Å². The summed E-state index contributed by atoms with van der Waals surface area (Å²) in [6, 6.07) is 0.675. The van der Waals surface area contributed by atoms with Gasteiger partial charge < -0.3 is 86.5 Å². The van der Waals surface area contributed by atoms with Gasteiger partial charge in [-0.15, -0.1) is 5.10 Å². The van der Waals surface area contributed by atoms with Gasteiger partial charge in [0.15, 0.2) is 12.6 Å². The zero-order valence-corrected chi connectivity index (χ0v) is 34.9. The molecule has 23 nitrogen and oxygen atoms in total. The van der Waals surface area contributed by atoms with Crippen molar-refractivity contribution < 1.29 is 69.0 Å². The fourth-order valence-electron chi connectivity index (χ4n) is 9.35. The van der Waals surface area contributed by atoms with Gasteiger partial charge in [-0.1, -0.05) is 5.21 Å². The summed E-state index contributed by atoms with van der Waals surface area (Å²) < 4.78 is 42.5. The van der Waals surface area contributed by atoms with Crippen molar-refractivity contribution in [1.29, 1.82) is 0 Å². The SMILES string of the molecule is NCC1O[C@@H](O[C@H]2C(N)C[C@@H](CCc3cn(CN4CCN(c5cc6c(cc5F)c(=O)c(C(=O)O)cn6C5CC5)CC4)nn3)C(OC3O[C@@H](CO)C(O)[C@H](N)[C@H]3O)[C@H]2O)C(O)[C@@H](O)[C@H]1O. The van der Waals surface area contributed by atoms with Crippen molar-refractivity contribution in [1.82, 2.24) is 24.5 Å². The molecule has 3 aromatic rings. The number of nitrogens with two attached hydrogens (primary N) is 3. The minimum absolute atomic E-state index is 0.0340. The summed E-state index contributed by atoms with van der Waals surface area (Å²) in [5, 5.41) is 92.7. The number of nitrogens with zero attached hydrogens (tertiary/aromatic N) is 6. The van der Waals surface area contributed by atoms with E-state index in [4.69, 9.17) is 36.1 Å². The van der Waals surface area contributed by atoms with Crippen LogP contribution in [-0.2, 0) is 32.0 Å². The number of carbonyl (C=O) groups is 1. The predicted molar refractivity (Wildman–Crippen MR) is 219 cm³/mol. The molecule has 15 atom stereocenters. The highest BCUT2D eigenvalue weighted by Crippen LogP contribution is 2.39. The van der Waals surface area contributed by atoms with Gasteiger partial charge in [0.05, 0.1) is 42.3 Å². The van der Waals surface area contributed by atoms with Crippen LogP contribution in [0.4, 0.5) is 10.1 Å². The van der Waals surface area contributed by atoms with Gasteiger partial charge in [0.2, 0.25) is 5.43 Å². The highest BCUT2D eigenvalue weighted by atomic mass is 19.1. The number of rotatable bonds is 14. The van der Waals surface area contributed by atoms with Crippen LogP contribution in [-0.4, -0.2) is 196 Å². The van der Waals surface area contributed by atoms with Crippen molar-refractivity contribution in [3.8, 4) is 0 Å². The monoisotopic (exact) mass is 907 g/mol. The molecule has 3 saturated heterocycles. The van der Waals surface area contributed by atoms with Crippen LogP contribution in [0.15, 0.2) is 29.3 Å². The first-order valence-electron chi connectivity index (χ1n) is 21.6. The summed E-state index contributed by atoms with van der Waals surface area (Å²) in [5.74, 6) is -2.50. The molecule has 8 rings (SSSR count). The lowest BCUT2D eigenvalue weighted by molar-refractivity contribution is -0.335. The Morgan fingerprint density at radius 2 is 1.56 bits per heavy atom. The molecule has 2 aromatic heterocycles. The summed E-state index contributed by atoms with van der Waals surface area (Å²) in [6.07, 6.45) is -11.6. The van der Waals surface area contributed by atoms with E-state index in [1.54, 1.807) is 21.5 Å². The van der Waals surface area contributed by atoms with Gasteiger partial charge in [-0.05, 0) is 50.2 Å². The molecule has 6 unspecified atom stereocenters. The number of aromatic carboxylic acids is 1. The molecule has 3 aliphatic heterocycles. The Labute approximate surface area is 365 Å². The van der Waals surface area contributed by atoms with Crippen LogP contribution in [0.25, 0.3) is 10.9 Å². The Bertz CT molecular complexity index is 2170. The Hall–Kier alpha value is -3.83. The molecular weight excluding hydrogens is 849 g/mol. The lowest BCUT2D eigenvalue weighted by atomic mass is 9.77. The molecule has 24 heteroatoms. The van der Waals surface area contributed by atoms with Gasteiger partial charge >= 0.3 is 5.97 Å². The van der Waals surface area contributed by atoms with Gasteiger partial charge in [0.1, 0.15) is 66.3 Å². The average Bonchev–Trinajstić information content (AvgIpc) is 4.03. The molecule has 5 fully saturated rings. The quantitative estimate of drug-likeness (QED) is 0.0726. The maximum Gasteiger partial charge on any atom is 0.341 e. The molecule has 2 saturated carbocycles. The molecule has 0 bridgehead atoms. The van der Waals surface area contributed by atoms with Crippen molar-refractivity contribution in [2.45, 2.75) is 131 Å². The first kappa shape index (κ1) is 46.7. The number of aliphatic hydroxyl groups excluding tert-OH is 7. The number of fused-ring (bicyclic) bond motifs is 1. The van der Waals surface area contributed by atoms with Crippen LogP contribution in [0, 0.1) is 11.7 Å². The zero-order valence-electron chi connectivity index (χ0n) is 34.9. The van der Waals surface area contributed by atoms with Crippen molar-refractivity contribution in [2.24, 2.45) is 23.1 Å². The second-order valence-electron chi connectivity index (χ2n) is 17.6. The number of aryl methyl sites for hydroxylation is 1. The van der Waals surface area contributed by atoms with Crippen LogP contribution in [0.2, 0.25) is 0 Å². The number of anilines is 1. The van der Waals surface area contributed by atoms with Crippen molar-refractivity contribution in [2.75, 3.05) is 44.2 Å².